The molecule has 0 atom stereocenters. The first kappa shape index (κ1) is 16.8. The second kappa shape index (κ2) is 9.76. The van der Waals surface area contributed by atoms with Gasteiger partial charge in [0.2, 0.25) is 0 Å². The summed E-state index contributed by atoms with van der Waals surface area (Å²) in [6.45, 7) is 2.81. The number of ether oxygens (including phenoxy) is 2. The minimum Gasteiger partial charge on any atom is -0.488 e. The van der Waals surface area contributed by atoms with Crippen LogP contribution < -0.4 is 0 Å². The maximum absolute atomic E-state index is 12.0. The fourth-order valence-electron chi connectivity index (χ4n) is 1.17. The molecule has 0 heterocycles. The summed E-state index contributed by atoms with van der Waals surface area (Å²) in [5, 5.41) is 0. The van der Waals surface area contributed by atoms with E-state index in [9.17, 15) is 13.2 Å². The molecule has 0 N–H and O–H groups in total. The van der Waals surface area contributed by atoms with Crippen LogP contribution in [0.25, 0.3) is 0 Å². The van der Waals surface area contributed by atoms with Gasteiger partial charge in [-0.3, -0.25) is 0 Å². The van der Waals surface area contributed by atoms with Gasteiger partial charge in [-0.15, -0.1) is 0 Å². The molecule has 0 aromatic rings. The molecule has 0 aromatic heterocycles. The van der Waals surface area contributed by atoms with Crippen LogP contribution in [0.5, 0.6) is 0 Å². The third-order valence-electron chi connectivity index (χ3n) is 1.97. The normalized spacial score (nSPS) is 13.0. The molecule has 0 saturated heterocycles. The lowest BCUT2D eigenvalue weighted by Crippen LogP contribution is -2.16. The van der Waals surface area contributed by atoms with Crippen molar-refractivity contribution in [2.24, 2.45) is 0 Å². The van der Waals surface area contributed by atoms with Crippen LogP contribution in [0.2, 0.25) is 0 Å². The van der Waals surface area contributed by atoms with Crippen LogP contribution in [-0.2, 0) is 9.47 Å². The van der Waals surface area contributed by atoms with Crippen LogP contribution in [0.4, 0.5) is 13.2 Å². The number of allylic oxidation sites excluding steroid dienone is 5. The molecular formula is C13H19F3O2. The third kappa shape index (κ3) is 11.3. The molecule has 2 nitrogen and oxygen atoms in total. The molecule has 18 heavy (non-hydrogen) atoms. The maximum atomic E-state index is 12.0. The molecule has 0 spiro atoms. The van der Waals surface area contributed by atoms with Crippen molar-refractivity contribution in [3.63, 3.8) is 0 Å². The fraction of sp³-hybridized carbons (Fsp3) is 0.538. The van der Waals surface area contributed by atoms with Crippen molar-refractivity contribution in [1.29, 1.82) is 0 Å². The van der Waals surface area contributed by atoms with Crippen molar-refractivity contribution in [1.82, 2.24) is 0 Å². The van der Waals surface area contributed by atoms with Gasteiger partial charge in [-0.05, 0) is 18.9 Å². The second-order valence-corrected chi connectivity index (χ2v) is 3.61. The molecule has 0 fully saturated rings. The van der Waals surface area contributed by atoms with E-state index in [1.54, 1.807) is 25.3 Å². The smallest absolute Gasteiger partial charge is 0.422 e. The van der Waals surface area contributed by atoms with E-state index in [1.807, 2.05) is 0 Å². The summed E-state index contributed by atoms with van der Waals surface area (Å²) in [4.78, 5) is 0. The van der Waals surface area contributed by atoms with Gasteiger partial charge in [0.1, 0.15) is 0 Å². The Morgan fingerprint density at radius 2 is 1.94 bits per heavy atom. The van der Waals surface area contributed by atoms with Crippen LogP contribution in [0.3, 0.4) is 0 Å². The molecule has 5 heteroatoms. The lowest BCUT2D eigenvalue weighted by Gasteiger charge is -2.12. The minimum atomic E-state index is -4.31. The number of methoxy groups -OCH3 is 1. The first-order valence-corrected chi connectivity index (χ1v) is 5.66. The van der Waals surface area contributed by atoms with E-state index in [0.29, 0.717) is 18.8 Å². The van der Waals surface area contributed by atoms with Crippen LogP contribution in [0, 0.1) is 0 Å². The highest BCUT2D eigenvalue weighted by Crippen LogP contribution is 2.18. The Kier molecular flexibility index (Phi) is 9.10. The Morgan fingerprint density at radius 1 is 1.22 bits per heavy atom. The number of hydrogen-bond donors (Lipinski definition) is 0. The zero-order valence-electron chi connectivity index (χ0n) is 10.5. The first-order valence-electron chi connectivity index (χ1n) is 5.66. The van der Waals surface area contributed by atoms with E-state index in [4.69, 9.17) is 9.47 Å². The van der Waals surface area contributed by atoms with Gasteiger partial charge in [0.15, 0.2) is 6.61 Å². The van der Waals surface area contributed by atoms with E-state index in [-0.39, 0.29) is 0 Å². The molecule has 0 aliphatic heterocycles. The van der Waals surface area contributed by atoms with Crippen LogP contribution in [0.1, 0.15) is 19.3 Å². The number of alkyl halides is 3. The monoisotopic (exact) mass is 264 g/mol. The van der Waals surface area contributed by atoms with E-state index in [1.165, 1.54) is 6.08 Å². The topological polar surface area (TPSA) is 18.5 Å². The van der Waals surface area contributed by atoms with Gasteiger partial charge >= 0.3 is 6.18 Å². The average molecular weight is 264 g/mol. The Hall–Kier alpha value is -1.23. The van der Waals surface area contributed by atoms with Crippen LogP contribution >= 0.6 is 0 Å². The fourth-order valence-corrected chi connectivity index (χ4v) is 1.17. The zero-order chi connectivity index (χ0) is 13.9. The maximum Gasteiger partial charge on any atom is 0.422 e. The summed E-state index contributed by atoms with van der Waals surface area (Å²) in [5.74, 6) is 0.321. The molecule has 0 aliphatic rings. The number of unbranched alkanes of at least 4 members (excludes halogenated alkanes) is 1. The molecule has 0 saturated carbocycles. The summed E-state index contributed by atoms with van der Waals surface area (Å²) < 4.78 is 45.7. The lowest BCUT2D eigenvalue weighted by atomic mass is 10.2. The average Bonchev–Trinajstić information content (AvgIpc) is 2.29. The predicted molar refractivity (Wildman–Crippen MR) is 65.2 cm³/mol. The van der Waals surface area contributed by atoms with Gasteiger partial charge in [-0.25, -0.2) is 0 Å². The van der Waals surface area contributed by atoms with Crippen molar-refractivity contribution in [3.05, 3.63) is 36.6 Å². The Balaban J connectivity index is 4.20. The summed E-state index contributed by atoms with van der Waals surface area (Å²) in [6, 6.07) is 0. The SMILES string of the molecule is C=C/C=C\C=C(/CCCCOC)OCC(F)(F)F. The molecule has 0 aliphatic carbocycles. The Morgan fingerprint density at radius 3 is 2.50 bits per heavy atom. The Labute approximate surface area is 106 Å². The van der Waals surface area contributed by atoms with Crippen molar-refractivity contribution in [2.75, 3.05) is 20.3 Å². The van der Waals surface area contributed by atoms with Crippen molar-refractivity contribution in [3.8, 4) is 0 Å². The molecule has 0 bridgehead atoms. The largest absolute Gasteiger partial charge is 0.488 e. The minimum absolute atomic E-state index is 0.321. The standard InChI is InChI=1S/C13H19F3O2/c1-3-4-5-8-12(9-6-7-10-17-2)18-11-13(14,15)16/h3-5,8H,1,6-7,9-11H2,2H3/b5-4-,12-8+. The van der Waals surface area contributed by atoms with Gasteiger partial charge in [0, 0.05) is 20.1 Å². The highest BCUT2D eigenvalue weighted by atomic mass is 19.4. The molecule has 0 radical (unpaired) electrons. The molecule has 104 valence electrons. The van der Waals surface area contributed by atoms with Crippen molar-refractivity contribution in [2.45, 2.75) is 25.4 Å². The van der Waals surface area contributed by atoms with Gasteiger partial charge in [-0.1, -0.05) is 24.8 Å². The van der Waals surface area contributed by atoms with Crippen molar-refractivity contribution >= 4 is 0 Å². The van der Waals surface area contributed by atoms with E-state index in [0.717, 1.165) is 12.8 Å². The Bertz CT molecular complexity index is 280. The summed E-state index contributed by atoms with van der Waals surface area (Å²) in [5.41, 5.74) is 0. The van der Waals surface area contributed by atoms with E-state index in [2.05, 4.69) is 6.58 Å². The summed E-state index contributed by atoms with van der Waals surface area (Å²) in [6.07, 6.45) is 3.96. The summed E-state index contributed by atoms with van der Waals surface area (Å²) >= 11 is 0. The number of halogens is 3. The van der Waals surface area contributed by atoms with Gasteiger partial charge < -0.3 is 9.47 Å². The molecule has 0 unspecified atom stereocenters. The quantitative estimate of drug-likeness (QED) is 0.356. The molecule has 0 amide bonds. The molecule has 0 rings (SSSR count). The van der Waals surface area contributed by atoms with Gasteiger partial charge in [0.25, 0.3) is 0 Å². The molecular weight excluding hydrogens is 245 g/mol. The number of rotatable bonds is 9. The van der Waals surface area contributed by atoms with Crippen LogP contribution in [-0.4, -0.2) is 26.5 Å². The van der Waals surface area contributed by atoms with Gasteiger partial charge in [0.05, 0.1) is 5.76 Å². The van der Waals surface area contributed by atoms with E-state index < -0.39 is 12.8 Å². The summed E-state index contributed by atoms with van der Waals surface area (Å²) in [7, 11) is 1.59. The molecule has 0 aromatic carbocycles. The zero-order valence-corrected chi connectivity index (χ0v) is 10.5. The number of hydrogen-bond acceptors (Lipinski definition) is 2. The van der Waals surface area contributed by atoms with E-state index >= 15 is 0 Å². The van der Waals surface area contributed by atoms with Crippen LogP contribution in [0.15, 0.2) is 36.6 Å². The predicted octanol–water partition coefficient (Wildman–Crippen LogP) is 4.01. The lowest BCUT2D eigenvalue weighted by molar-refractivity contribution is -0.165. The highest BCUT2D eigenvalue weighted by Gasteiger charge is 2.28. The van der Waals surface area contributed by atoms with Crippen molar-refractivity contribution < 1.29 is 22.6 Å². The first-order chi connectivity index (χ1) is 8.49. The highest BCUT2D eigenvalue weighted by molar-refractivity contribution is 5.12. The second-order valence-electron chi connectivity index (χ2n) is 3.61. The van der Waals surface area contributed by atoms with Gasteiger partial charge in [-0.2, -0.15) is 13.2 Å². The third-order valence-corrected chi connectivity index (χ3v) is 1.97.